The van der Waals surface area contributed by atoms with Crippen molar-refractivity contribution in [2.24, 2.45) is 7.05 Å². The number of amides is 1. The predicted molar refractivity (Wildman–Crippen MR) is 122 cm³/mol. The first kappa shape index (κ1) is 21.1. The molecule has 0 saturated heterocycles. The summed E-state index contributed by atoms with van der Waals surface area (Å²) >= 11 is 0. The van der Waals surface area contributed by atoms with Crippen LogP contribution in [0.5, 0.6) is 0 Å². The van der Waals surface area contributed by atoms with Crippen molar-refractivity contribution in [1.29, 1.82) is 0 Å². The Morgan fingerprint density at radius 1 is 1.00 bits per heavy atom. The molecule has 0 bridgehead atoms. The van der Waals surface area contributed by atoms with Crippen molar-refractivity contribution in [2.45, 2.75) is 13.0 Å². The number of rotatable bonds is 6. The lowest BCUT2D eigenvalue weighted by molar-refractivity contribution is 0.0696. The van der Waals surface area contributed by atoms with Gasteiger partial charge < -0.3 is 20.3 Å². The highest BCUT2D eigenvalue weighted by molar-refractivity contribution is 6.09. The summed E-state index contributed by atoms with van der Waals surface area (Å²) in [5, 5.41) is 16.1. The molecule has 4 rings (SSSR count). The minimum atomic E-state index is -1.00. The molecule has 3 aromatic carbocycles. The lowest BCUT2D eigenvalue weighted by Gasteiger charge is -2.16. The summed E-state index contributed by atoms with van der Waals surface area (Å²) in [6.07, 6.45) is 0. The fourth-order valence-electron chi connectivity index (χ4n) is 3.76. The molecular formula is C25H22FN3O3. The van der Waals surface area contributed by atoms with Gasteiger partial charge in [-0.25, -0.2) is 9.18 Å². The van der Waals surface area contributed by atoms with Gasteiger partial charge in [0, 0.05) is 18.1 Å². The van der Waals surface area contributed by atoms with Crippen molar-refractivity contribution >= 4 is 34.2 Å². The largest absolute Gasteiger partial charge is 0.478 e. The zero-order chi connectivity index (χ0) is 22.8. The molecule has 32 heavy (non-hydrogen) atoms. The van der Waals surface area contributed by atoms with Crippen LogP contribution in [-0.2, 0) is 7.05 Å². The SMILES string of the molecule is C[C@H](NC(=O)c1c(Nc2cccc(F)c2)c2ccccc2n1C)c1ccc(C(=O)O)cc1. The average molecular weight is 431 g/mol. The summed E-state index contributed by atoms with van der Waals surface area (Å²) in [6, 6.07) is 19.7. The first-order chi connectivity index (χ1) is 15.3. The fraction of sp³-hybridized carbons (Fsp3) is 0.120. The Kier molecular flexibility index (Phi) is 5.64. The zero-order valence-electron chi connectivity index (χ0n) is 17.6. The van der Waals surface area contributed by atoms with Crippen molar-refractivity contribution in [3.05, 3.63) is 95.4 Å². The van der Waals surface area contributed by atoms with Gasteiger partial charge >= 0.3 is 5.97 Å². The Morgan fingerprint density at radius 3 is 2.41 bits per heavy atom. The second-order valence-electron chi connectivity index (χ2n) is 7.56. The van der Waals surface area contributed by atoms with Gasteiger partial charge in [0.1, 0.15) is 11.5 Å². The molecule has 1 aromatic heterocycles. The van der Waals surface area contributed by atoms with Gasteiger partial charge in [-0.15, -0.1) is 0 Å². The smallest absolute Gasteiger partial charge is 0.335 e. The number of fused-ring (bicyclic) bond motifs is 1. The number of aryl methyl sites for hydroxylation is 1. The highest BCUT2D eigenvalue weighted by Gasteiger charge is 2.23. The Balaban J connectivity index is 1.68. The molecule has 0 unspecified atom stereocenters. The molecule has 0 saturated carbocycles. The van der Waals surface area contributed by atoms with E-state index in [1.54, 1.807) is 35.9 Å². The van der Waals surface area contributed by atoms with Crippen molar-refractivity contribution in [3.8, 4) is 0 Å². The van der Waals surface area contributed by atoms with Gasteiger partial charge in [0.2, 0.25) is 0 Å². The number of carboxylic acids is 1. The number of aromatic carboxylic acids is 1. The molecule has 162 valence electrons. The summed E-state index contributed by atoms with van der Waals surface area (Å²) in [7, 11) is 1.81. The van der Waals surface area contributed by atoms with Crippen LogP contribution in [0.1, 0.15) is 39.4 Å². The van der Waals surface area contributed by atoms with E-state index in [9.17, 15) is 14.0 Å². The second-order valence-corrected chi connectivity index (χ2v) is 7.56. The quantitative estimate of drug-likeness (QED) is 0.389. The molecule has 0 aliphatic heterocycles. The van der Waals surface area contributed by atoms with E-state index in [0.29, 0.717) is 17.1 Å². The standard InChI is InChI=1S/C25H22FN3O3/c1-15(16-10-12-17(13-11-16)25(31)32)27-24(30)23-22(28-19-7-5-6-18(26)14-19)20-8-3-4-9-21(20)29(23)2/h3-15,28H,1-2H3,(H,27,30)(H,31,32)/t15-/m0/s1. The van der Waals surface area contributed by atoms with Crippen LogP contribution in [-0.4, -0.2) is 21.6 Å². The van der Waals surface area contributed by atoms with E-state index in [4.69, 9.17) is 5.11 Å². The van der Waals surface area contributed by atoms with Gasteiger partial charge in [-0.2, -0.15) is 0 Å². The first-order valence-corrected chi connectivity index (χ1v) is 10.1. The number of para-hydroxylation sites is 1. The third kappa shape index (κ3) is 4.05. The normalized spacial score (nSPS) is 11.8. The molecule has 6 nitrogen and oxygen atoms in total. The number of anilines is 2. The average Bonchev–Trinajstić information content (AvgIpc) is 3.05. The third-order valence-corrected chi connectivity index (χ3v) is 5.42. The maximum atomic E-state index is 13.7. The maximum absolute atomic E-state index is 13.7. The number of hydrogen-bond acceptors (Lipinski definition) is 3. The molecule has 3 N–H and O–H groups in total. The number of aromatic nitrogens is 1. The highest BCUT2D eigenvalue weighted by Crippen LogP contribution is 2.33. The Morgan fingerprint density at radius 2 is 1.72 bits per heavy atom. The predicted octanol–water partition coefficient (Wildman–Crippen LogP) is 5.25. The van der Waals surface area contributed by atoms with E-state index in [2.05, 4.69) is 10.6 Å². The number of halogens is 1. The van der Waals surface area contributed by atoms with Gasteiger partial charge in [-0.3, -0.25) is 4.79 Å². The topological polar surface area (TPSA) is 83.4 Å². The Labute approximate surface area is 184 Å². The van der Waals surface area contributed by atoms with Crippen LogP contribution in [0, 0.1) is 5.82 Å². The third-order valence-electron chi connectivity index (χ3n) is 5.42. The number of nitrogens with zero attached hydrogens (tertiary/aromatic N) is 1. The van der Waals surface area contributed by atoms with Crippen molar-refractivity contribution in [2.75, 3.05) is 5.32 Å². The summed E-state index contributed by atoms with van der Waals surface area (Å²) in [5.74, 6) is -1.69. The Bertz CT molecular complexity index is 1310. The molecule has 0 aliphatic carbocycles. The van der Waals surface area contributed by atoms with Crippen LogP contribution in [0.2, 0.25) is 0 Å². The van der Waals surface area contributed by atoms with E-state index in [1.165, 1.54) is 24.3 Å². The van der Waals surface area contributed by atoms with Crippen LogP contribution in [0.25, 0.3) is 10.9 Å². The Hall–Kier alpha value is -4.13. The monoisotopic (exact) mass is 431 g/mol. The van der Waals surface area contributed by atoms with Crippen LogP contribution in [0.3, 0.4) is 0 Å². The van der Waals surface area contributed by atoms with Crippen molar-refractivity contribution in [1.82, 2.24) is 9.88 Å². The molecule has 0 fully saturated rings. The lowest BCUT2D eigenvalue weighted by atomic mass is 10.1. The molecular weight excluding hydrogens is 409 g/mol. The number of carboxylic acid groups (broad SMARTS) is 1. The van der Waals surface area contributed by atoms with Crippen LogP contribution in [0.15, 0.2) is 72.8 Å². The molecule has 1 amide bonds. The van der Waals surface area contributed by atoms with Crippen LogP contribution >= 0.6 is 0 Å². The van der Waals surface area contributed by atoms with Gasteiger partial charge in [-0.1, -0.05) is 36.4 Å². The van der Waals surface area contributed by atoms with Gasteiger partial charge in [-0.05, 0) is 48.9 Å². The summed E-state index contributed by atoms with van der Waals surface area (Å²) in [4.78, 5) is 24.4. The number of hydrogen-bond donors (Lipinski definition) is 3. The van der Waals surface area contributed by atoms with Crippen molar-refractivity contribution in [3.63, 3.8) is 0 Å². The zero-order valence-corrected chi connectivity index (χ0v) is 17.6. The minimum absolute atomic E-state index is 0.183. The number of nitrogens with one attached hydrogen (secondary N) is 2. The fourth-order valence-corrected chi connectivity index (χ4v) is 3.76. The van der Waals surface area contributed by atoms with E-state index in [-0.39, 0.29) is 23.3 Å². The molecule has 0 aliphatic rings. The van der Waals surface area contributed by atoms with Crippen LogP contribution in [0.4, 0.5) is 15.8 Å². The lowest BCUT2D eigenvalue weighted by Crippen LogP contribution is -2.29. The number of carbonyl (C=O) groups is 2. The molecule has 0 spiro atoms. The summed E-state index contributed by atoms with van der Waals surface area (Å²) in [6.45, 7) is 1.83. The van der Waals surface area contributed by atoms with E-state index in [1.807, 2.05) is 31.2 Å². The summed E-state index contributed by atoms with van der Waals surface area (Å²) < 4.78 is 15.5. The molecule has 4 aromatic rings. The summed E-state index contributed by atoms with van der Waals surface area (Å²) in [5.41, 5.74) is 3.34. The molecule has 0 radical (unpaired) electrons. The molecule has 1 heterocycles. The van der Waals surface area contributed by atoms with Crippen LogP contribution < -0.4 is 10.6 Å². The van der Waals surface area contributed by atoms with Gasteiger partial charge in [0.15, 0.2) is 0 Å². The van der Waals surface area contributed by atoms with E-state index in [0.717, 1.165) is 16.5 Å². The molecule has 7 heteroatoms. The number of benzene rings is 3. The first-order valence-electron chi connectivity index (χ1n) is 10.1. The minimum Gasteiger partial charge on any atom is -0.478 e. The second kappa shape index (κ2) is 8.55. The van der Waals surface area contributed by atoms with E-state index >= 15 is 0 Å². The number of carbonyl (C=O) groups excluding carboxylic acids is 1. The highest BCUT2D eigenvalue weighted by atomic mass is 19.1. The van der Waals surface area contributed by atoms with Gasteiger partial charge in [0.25, 0.3) is 5.91 Å². The van der Waals surface area contributed by atoms with Gasteiger partial charge in [0.05, 0.1) is 22.8 Å². The molecule has 1 atom stereocenters. The van der Waals surface area contributed by atoms with Crippen molar-refractivity contribution < 1.29 is 19.1 Å². The van der Waals surface area contributed by atoms with E-state index < -0.39 is 5.97 Å². The maximum Gasteiger partial charge on any atom is 0.335 e.